The van der Waals surface area contributed by atoms with Gasteiger partial charge in [-0.05, 0) is 37.2 Å². The molecule has 256 valence electrons. The average molecular weight is 648 g/mol. The smallest absolute Gasteiger partial charge is 0.307 e. The fourth-order valence-corrected chi connectivity index (χ4v) is 4.65. The van der Waals surface area contributed by atoms with Gasteiger partial charge in [0, 0.05) is 13.0 Å². The second-order valence-electron chi connectivity index (χ2n) is 11.5. The molecule has 46 heavy (non-hydrogen) atoms. The zero-order chi connectivity index (χ0) is 34.8. The number of unbranched alkanes of at least 4 members (excludes halogenated alkanes) is 1. The molecule has 0 bridgehead atoms. The number of hydrogen-bond acceptors (Lipinski definition) is 8. The Morgan fingerprint density at radius 1 is 0.826 bits per heavy atom. The number of nitrogens with zero attached hydrogens (tertiary/aromatic N) is 1. The highest BCUT2D eigenvalue weighted by molar-refractivity contribution is 5.97. The van der Waals surface area contributed by atoms with E-state index in [1.54, 1.807) is 44.2 Å². The van der Waals surface area contributed by atoms with E-state index >= 15 is 0 Å². The number of guanidine groups is 1. The van der Waals surface area contributed by atoms with Crippen LogP contribution in [0.3, 0.4) is 0 Å². The van der Waals surface area contributed by atoms with Crippen LogP contribution >= 0.6 is 0 Å². The highest BCUT2D eigenvalue weighted by Gasteiger charge is 2.34. The normalized spacial score (nSPS) is 14.2. The van der Waals surface area contributed by atoms with Crippen LogP contribution in [0.4, 0.5) is 0 Å². The summed E-state index contributed by atoms with van der Waals surface area (Å²) in [4.78, 5) is 80.0. The number of amides is 3. The van der Waals surface area contributed by atoms with Gasteiger partial charge in [-0.3, -0.25) is 33.8 Å². The molecule has 0 fully saturated rings. The van der Waals surface area contributed by atoms with Crippen molar-refractivity contribution < 1.29 is 39.0 Å². The van der Waals surface area contributed by atoms with Gasteiger partial charge in [0.05, 0.1) is 24.4 Å². The molecule has 0 aliphatic heterocycles. The predicted molar refractivity (Wildman–Crippen MR) is 171 cm³/mol. The van der Waals surface area contributed by atoms with Crippen LogP contribution in [-0.4, -0.2) is 82.3 Å². The summed E-state index contributed by atoms with van der Waals surface area (Å²) in [5.74, 6) is -7.08. The largest absolute Gasteiger partial charge is 0.481 e. The van der Waals surface area contributed by atoms with E-state index in [0.717, 1.165) is 5.56 Å². The molecule has 0 aromatic heterocycles. The minimum atomic E-state index is -1.59. The van der Waals surface area contributed by atoms with E-state index < -0.39 is 77.9 Å². The maximum absolute atomic E-state index is 13.3. The predicted octanol–water partition coefficient (Wildman–Crippen LogP) is 0.0453. The number of carboxylic acid groups (broad SMARTS) is 2. The molecule has 0 spiro atoms. The van der Waals surface area contributed by atoms with Crippen LogP contribution < -0.4 is 33.2 Å². The third-order valence-electron chi connectivity index (χ3n) is 7.23. The number of carbonyl (C=O) groups is 6. The number of nitrogens with two attached hydrogens (primary N) is 3. The lowest BCUT2D eigenvalue weighted by Gasteiger charge is -2.27. The van der Waals surface area contributed by atoms with Crippen molar-refractivity contribution in [2.45, 2.75) is 96.3 Å². The molecule has 1 aromatic rings. The molecule has 5 atom stereocenters. The molecule has 15 nitrogen and oxygen atoms in total. The highest BCUT2D eigenvalue weighted by atomic mass is 16.4. The molecule has 1 aromatic carbocycles. The van der Waals surface area contributed by atoms with Gasteiger partial charge in [0.25, 0.3) is 0 Å². The number of aliphatic imine (C=N–C) groups is 1. The summed E-state index contributed by atoms with van der Waals surface area (Å²) < 4.78 is 0. The third-order valence-corrected chi connectivity index (χ3v) is 7.23. The summed E-state index contributed by atoms with van der Waals surface area (Å²) in [6, 6.07) is 3.98. The van der Waals surface area contributed by atoms with Gasteiger partial charge in [0.15, 0.2) is 11.7 Å². The minimum absolute atomic E-state index is 0.0918. The fraction of sp³-hybridized carbons (Fsp3) is 0.581. The lowest BCUT2D eigenvalue weighted by atomic mass is 9.89. The van der Waals surface area contributed by atoms with E-state index in [2.05, 4.69) is 20.9 Å². The second-order valence-corrected chi connectivity index (χ2v) is 11.5. The van der Waals surface area contributed by atoms with Crippen LogP contribution in [0.25, 0.3) is 0 Å². The lowest BCUT2D eigenvalue weighted by Crippen LogP contribution is -2.58. The molecule has 0 unspecified atom stereocenters. The van der Waals surface area contributed by atoms with E-state index in [0.29, 0.717) is 19.3 Å². The van der Waals surface area contributed by atoms with Crippen molar-refractivity contribution in [3.63, 3.8) is 0 Å². The zero-order valence-electron chi connectivity index (χ0n) is 26.7. The first-order valence-electron chi connectivity index (χ1n) is 15.4. The van der Waals surface area contributed by atoms with Gasteiger partial charge in [-0.1, -0.05) is 63.9 Å². The Morgan fingerprint density at radius 2 is 1.43 bits per heavy atom. The summed E-state index contributed by atoms with van der Waals surface area (Å²) in [6.45, 7) is 5.44. The maximum atomic E-state index is 13.3. The first-order chi connectivity index (χ1) is 21.7. The SMILES string of the molecule is CCCC[C@H](NC(=O)[C@@H](N)CCCN=C(N)N)C(=O)N[C@@H](CC(=O)O)C(=O)N[C@H](C(=O)C[C@H](Cc1ccccc1)C(=O)O)C(C)C. The average Bonchev–Trinajstić information content (AvgIpc) is 2.98. The van der Waals surface area contributed by atoms with Crippen molar-refractivity contribution in [3.8, 4) is 0 Å². The molecule has 0 radical (unpaired) electrons. The van der Waals surface area contributed by atoms with Crippen molar-refractivity contribution in [1.82, 2.24) is 16.0 Å². The number of hydrogen-bond donors (Lipinski definition) is 8. The van der Waals surface area contributed by atoms with Crippen LogP contribution in [-0.2, 0) is 35.2 Å². The minimum Gasteiger partial charge on any atom is -0.481 e. The Balaban J connectivity index is 3.03. The van der Waals surface area contributed by atoms with Crippen molar-refractivity contribution in [1.29, 1.82) is 0 Å². The molecular formula is C31H49N7O8. The van der Waals surface area contributed by atoms with Gasteiger partial charge >= 0.3 is 11.9 Å². The number of nitrogens with one attached hydrogen (secondary N) is 3. The fourth-order valence-electron chi connectivity index (χ4n) is 4.65. The van der Waals surface area contributed by atoms with Gasteiger partial charge in [-0.2, -0.15) is 0 Å². The van der Waals surface area contributed by atoms with Gasteiger partial charge in [-0.15, -0.1) is 0 Å². The molecule has 0 aliphatic carbocycles. The summed E-state index contributed by atoms with van der Waals surface area (Å²) in [7, 11) is 0. The molecule has 0 heterocycles. The van der Waals surface area contributed by atoms with Gasteiger partial charge in [0.1, 0.15) is 12.1 Å². The number of carboxylic acids is 2. The highest BCUT2D eigenvalue weighted by Crippen LogP contribution is 2.17. The number of rotatable bonds is 22. The van der Waals surface area contributed by atoms with Crippen molar-refractivity contribution in [2.75, 3.05) is 6.54 Å². The standard InChI is InChI=1S/C31H49N7O8/c1-4-5-13-22(36-27(42)21(32)12-9-14-35-31(33)34)28(43)37-23(17-25(40)41)29(44)38-26(18(2)3)24(39)16-20(30(45)46)15-19-10-7-6-8-11-19/h6-8,10-11,18,20-23,26H,4-5,9,12-17,32H2,1-3H3,(H,36,42)(H,37,43)(H,38,44)(H,40,41)(H,45,46)(H4,33,34,35)/t20-,21-,22-,23-,26-/m0/s1. The molecule has 0 saturated carbocycles. The summed E-state index contributed by atoms with van der Waals surface area (Å²) in [6.07, 6.45) is 0.975. The maximum Gasteiger partial charge on any atom is 0.307 e. The quantitative estimate of drug-likeness (QED) is 0.0473. The third kappa shape index (κ3) is 15.0. The number of aliphatic carboxylic acids is 2. The van der Waals surface area contributed by atoms with Gasteiger partial charge in [0.2, 0.25) is 17.7 Å². The Bertz CT molecular complexity index is 1200. The molecule has 15 heteroatoms. The van der Waals surface area contributed by atoms with E-state index in [1.807, 2.05) is 6.92 Å². The molecule has 0 aliphatic rings. The Labute approximate surface area is 269 Å². The molecular weight excluding hydrogens is 598 g/mol. The van der Waals surface area contributed by atoms with Crippen LogP contribution in [0, 0.1) is 11.8 Å². The summed E-state index contributed by atoms with van der Waals surface area (Å²) in [5, 5.41) is 26.7. The first kappa shape index (κ1) is 39.5. The van der Waals surface area contributed by atoms with E-state index in [-0.39, 0.29) is 38.2 Å². The van der Waals surface area contributed by atoms with Crippen molar-refractivity contribution in [3.05, 3.63) is 35.9 Å². The van der Waals surface area contributed by atoms with E-state index in [4.69, 9.17) is 17.2 Å². The van der Waals surface area contributed by atoms with Gasteiger partial charge < -0.3 is 43.4 Å². The Hall–Kier alpha value is -4.53. The van der Waals surface area contributed by atoms with Crippen LogP contribution in [0.2, 0.25) is 0 Å². The first-order valence-corrected chi connectivity index (χ1v) is 15.4. The number of ketones is 1. The van der Waals surface area contributed by atoms with E-state index in [9.17, 15) is 39.0 Å². The van der Waals surface area contributed by atoms with Crippen LogP contribution in [0.1, 0.15) is 71.3 Å². The monoisotopic (exact) mass is 647 g/mol. The van der Waals surface area contributed by atoms with Crippen LogP contribution in [0.5, 0.6) is 0 Å². The number of benzene rings is 1. The number of carbonyl (C=O) groups excluding carboxylic acids is 4. The Morgan fingerprint density at radius 3 is 1.98 bits per heavy atom. The summed E-state index contributed by atoms with van der Waals surface area (Å²) >= 11 is 0. The molecule has 1 rings (SSSR count). The van der Waals surface area contributed by atoms with Crippen molar-refractivity contribution in [2.24, 2.45) is 34.0 Å². The van der Waals surface area contributed by atoms with Gasteiger partial charge in [-0.25, -0.2) is 0 Å². The van der Waals surface area contributed by atoms with E-state index in [1.165, 1.54) is 0 Å². The summed E-state index contributed by atoms with van der Waals surface area (Å²) in [5.41, 5.74) is 17.3. The van der Waals surface area contributed by atoms with Crippen LogP contribution in [0.15, 0.2) is 35.3 Å². The lowest BCUT2D eigenvalue weighted by molar-refractivity contribution is -0.144. The molecule has 11 N–H and O–H groups in total. The Kier molecular flexibility index (Phi) is 17.6. The molecule has 0 saturated heterocycles. The second kappa shape index (κ2) is 20.5. The van der Waals surface area contributed by atoms with Crippen molar-refractivity contribution >= 4 is 41.4 Å². The molecule has 3 amide bonds. The topological polar surface area (TPSA) is 269 Å². The zero-order valence-corrected chi connectivity index (χ0v) is 26.7. The number of Topliss-reactive ketones (excluding diaryl/α,β-unsaturated/α-hetero) is 1.